The summed E-state index contributed by atoms with van der Waals surface area (Å²) in [7, 11) is 1.79. The molecule has 1 aliphatic rings. The van der Waals surface area contributed by atoms with Crippen molar-refractivity contribution < 1.29 is 9.47 Å². The van der Waals surface area contributed by atoms with Crippen molar-refractivity contribution in [3.8, 4) is 5.75 Å². The van der Waals surface area contributed by atoms with Gasteiger partial charge in [0.1, 0.15) is 5.75 Å². The molecule has 0 aliphatic heterocycles. The lowest BCUT2D eigenvalue weighted by Gasteiger charge is -2.30. The van der Waals surface area contributed by atoms with Gasteiger partial charge in [-0.1, -0.05) is 32.9 Å². The van der Waals surface area contributed by atoms with Crippen LogP contribution in [0.25, 0.3) is 0 Å². The Bertz CT molecular complexity index is 398. The smallest absolute Gasteiger partial charge is 0.119 e. The molecule has 1 aromatic rings. The molecule has 1 aromatic carbocycles. The number of hydrogen-bond acceptors (Lipinski definition) is 3. The average molecular weight is 277 g/mol. The molecule has 0 amide bonds. The highest BCUT2D eigenvalue weighted by atomic mass is 16.5. The van der Waals surface area contributed by atoms with E-state index >= 15 is 0 Å². The molecule has 0 heterocycles. The van der Waals surface area contributed by atoms with Crippen LogP contribution in [0.1, 0.15) is 45.2 Å². The molecule has 2 atom stereocenters. The summed E-state index contributed by atoms with van der Waals surface area (Å²) in [4.78, 5) is 0. The Morgan fingerprint density at radius 2 is 1.85 bits per heavy atom. The summed E-state index contributed by atoms with van der Waals surface area (Å²) in [6.45, 7) is 7.45. The first kappa shape index (κ1) is 15.3. The van der Waals surface area contributed by atoms with E-state index in [1.165, 1.54) is 18.4 Å². The van der Waals surface area contributed by atoms with Crippen LogP contribution in [-0.2, 0) is 4.74 Å². The molecule has 0 spiro atoms. The Morgan fingerprint density at radius 1 is 1.20 bits per heavy atom. The summed E-state index contributed by atoms with van der Waals surface area (Å²) in [5, 5.41) is 3.54. The molecule has 1 N–H and O–H groups in total. The molecule has 0 radical (unpaired) electrons. The van der Waals surface area contributed by atoms with Crippen molar-refractivity contribution in [1.29, 1.82) is 0 Å². The molecule has 2 unspecified atom stereocenters. The van der Waals surface area contributed by atoms with E-state index in [1.54, 1.807) is 7.11 Å². The predicted molar refractivity (Wildman–Crippen MR) is 82.1 cm³/mol. The number of nitrogens with one attached hydrogen (secondary N) is 1. The summed E-state index contributed by atoms with van der Waals surface area (Å²) in [6, 6.07) is 8.68. The molecule has 1 fully saturated rings. The lowest BCUT2D eigenvalue weighted by molar-refractivity contribution is 0.0331. The van der Waals surface area contributed by atoms with Gasteiger partial charge in [0, 0.05) is 7.11 Å². The quantitative estimate of drug-likeness (QED) is 0.788. The van der Waals surface area contributed by atoms with Gasteiger partial charge in [0.05, 0.1) is 18.2 Å². The maximum Gasteiger partial charge on any atom is 0.119 e. The van der Waals surface area contributed by atoms with Gasteiger partial charge >= 0.3 is 0 Å². The summed E-state index contributed by atoms with van der Waals surface area (Å²) >= 11 is 0. The Balaban J connectivity index is 2.10. The predicted octanol–water partition coefficient (Wildman–Crippen LogP) is 3.55. The molecule has 20 heavy (non-hydrogen) atoms. The zero-order valence-electron chi connectivity index (χ0n) is 13.1. The number of rotatable bonds is 8. The first-order valence-electron chi connectivity index (χ1n) is 7.68. The molecule has 3 heteroatoms. The molecule has 1 aliphatic carbocycles. The minimum Gasteiger partial charge on any atom is -0.490 e. The fourth-order valence-electron chi connectivity index (χ4n) is 2.57. The van der Waals surface area contributed by atoms with E-state index < -0.39 is 0 Å². The summed E-state index contributed by atoms with van der Waals surface area (Å²) in [5.74, 6) is 1.44. The van der Waals surface area contributed by atoms with Crippen LogP contribution in [0.3, 0.4) is 0 Å². The maximum atomic E-state index is 5.80. The van der Waals surface area contributed by atoms with E-state index in [1.807, 2.05) is 0 Å². The number of hydrogen-bond donors (Lipinski definition) is 1. The Kier molecular flexibility index (Phi) is 5.44. The van der Waals surface area contributed by atoms with Crippen LogP contribution in [0.4, 0.5) is 0 Å². The molecule has 0 saturated heterocycles. The minimum atomic E-state index is 0.171. The van der Waals surface area contributed by atoms with Crippen molar-refractivity contribution in [3.05, 3.63) is 29.8 Å². The van der Waals surface area contributed by atoms with Gasteiger partial charge in [0.2, 0.25) is 0 Å². The van der Waals surface area contributed by atoms with Gasteiger partial charge in [-0.2, -0.15) is 0 Å². The molecule has 2 rings (SSSR count). The Morgan fingerprint density at radius 3 is 2.30 bits per heavy atom. The third kappa shape index (κ3) is 3.97. The molecule has 0 bridgehead atoms. The zero-order valence-corrected chi connectivity index (χ0v) is 13.1. The van der Waals surface area contributed by atoms with E-state index in [0.29, 0.717) is 12.0 Å². The second-order valence-corrected chi connectivity index (χ2v) is 5.87. The Labute approximate surface area is 122 Å². The topological polar surface area (TPSA) is 30.5 Å². The van der Waals surface area contributed by atoms with Crippen LogP contribution in [0.5, 0.6) is 5.75 Å². The van der Waals surface area contributed by atoms with Gasteiger partial charge in [-0.3, -0.25) is 0 Å². The summed E-state index contributed by atoms with van der Waals surface area (Å²) in [5.41, 5.74) is 1.26. The Hall–Kier alpha value is -1.06. The van der Waals surface area contributed by atoms with Gasteiger partial charge in [-0.05, 0) is 43.0 Å². The molecular weight excluding hydrogens is 250 g/mol. The molecule has 112 valence electrons. The van der Waals surface area contributed by atoms with Gasteiger partial charge in [0.25, 0.3) is 0 Å². The van der Waals surface area contributed by atoms with Crippen LogP contribution in [-0.4, -0.2) is 25.9 Å². The highest BCUT2D eigenvalue weighted by Crippen LogP contribution is 2.29. The number of likely N-dealkylation sites (N-methyl/N-ethyl adjacent to an activating group) is 1. The highest BCUT2D eigenvalue weighted by Gasteiger charge is 2.26. The standard InChI is InChI=1S/C17H27NO2/c1-5-18-16(17(19-4)12(2)3)13-6-8-14(9-7-13)20-15-10-11-15/h6-9,12,15-18H,5,10-11H2,1-4H3. The normalized spacial score (nSPS) is 18.1. The largest absolute Gasteiger partial charge is 0.490 e. The maximum absolute atomic E-state index is 5.80. The molecular formula is C17H27NO2. The molecule has 1 saturated carbocycles. The first-order chi connectivity index (χ1) is 9.65. The number of methoxy groups -OCH3 is 1. The van der Waals surface area contributed by atoms with E-state index in [4.69, 9.17) is 9.47 Å². The van der Waals surface area contributed by atoms with Gasteiger partial charge < -0.3 is 14.8 Å². The third-order valence-electron chi connectivity index (χ3n) is 3.75. The van der Waals surface area contributed by atoms with Crippen LogP contribution in [0.15, 0.2) is 24.3 Å². The van der Waals surface area contributed by atoms with Gasteiger partial charge in [-0.15, -0.1) is 0 Å². The minimum absolute atomic E-state index is 0.171. The van der Waals surface area contributed by atoms with Crippen molar-refractivity contribution >= 4 is 0 Å². The van der Waals surface area contributed by atoms with Crippen LogP contribution >= 0.6 is 0 Å². The SMILES string of the molecule is CCNC(c1ccc(OC2CC2)cc1)C(OC)C(C)C. The van der Waals surface area contributed by atoms with Crippen molar-refractivity contribution in [1.82, 2.24) is 5.32 Å². The third-order valence-corrected chi connectivity index (χ3v) is 3.75. The van der Waals surface area contributed by atoms with Crippen molar-refractivity contribution in [2.75, 3.05) is 13.7 Å². The summed E-state index contributed by atoms with van der Waals surface area (Å²) in [6.07, 6.45) is 3.01. The monoisotopic (exact) mass is 277 g/mol. The fourth-order valence-corrected chi connectivity index (χ4v) is 2.57. The van der Waals surface area contributed by atoms with Crippen LogP contribution < -0.4 is 10.1 Å². The van der Waals surface area contributed by atoms with Gasteiger partial charge in [-0.25, -0.2) is 0 Å². The number of benzene rings is 1. The van der Waals surface area contributed by atoms with Crippen molar-refractivity contribution in [2.24, 2.45) is 5.92 Å². The first-order valence-corrected chi connectivity index (χ1v) is 7.68. The van der Waals surface area contributed by atoms with Crippen LogP contribution in [0.2, 0.25) is 0 Å². The highest BCUT2D eigenvalue weighted by molar-refractivity contribution is 5.30. The second-order valence-electron chi connectivity index (χ2n) is 5.87. The van der Waals surface area contributed by atoms with Crippen molar-refractivity contribution in [2.45, 2.75) is 51.9 Å². The lowest BCUT2D eigenvalue weighted by Crippen LogP contribution is -2.36. The number of ether oxygens (including phenoxy) is 2. The average Bonchev–Trinajstić information content (AvgIpc) is 3.23. The lowest BCUT2D eigenvalue weighted by atomic mass is 9.93. The van der Waals surface area contributed by atoms with E-state index in [9.17, 15) is 0 Å². The summed E-state index contributed by atoms with van der Waals surface area (Å²) < 4.78 is 11.5. The van der Waals surface area contributed by atoms with Gasteiger partial charge in [0.15, 0.2) is 0 Å². The van der Waals surface area contributed by atoms with E-state index in [-0.39, 0.29) is 12.1 Å². The zero-order chi connectivity index (χ0) is 14.5. The fraction of sp³-hybridized carbons (Fsp3) is 0.647. The second kappa shape index (κ2) is 7.09. The molecule has 3 nitrogen and oxygen atoms in total. The van der Waals surface area contributed by atoms with Crippen LogP contribution in [0, 0.1) is 5.92 Å². The molecule has 0 aromatic heterocycles. The van der Waals surface area contributed by atoms with E-state index in [2.05, 4.69) is 50.4 Å². The van der Waals surface area contributed by atoms with E-state index in [0.717, 1.165) is 12.3 Å². The van der Waals surface area contributed by atoms with Crippen molar-refractivity contribution in [3.63, 3.8) is 0 Å².